The van der Waals surface area contributed by atoms with Crippen LogP contribution in [-0.4, -0.2) is 30.4 Å². The van der Waals surface area contributed by atoms with Crippen molar-refractivity contribution in [2.24, 2.45) is 0 Å². The Kier molecular flexibility index (Phi) is 2.64. The zero-order valence-corrected chi connectivity index (χ0v) is 10.2. The molecule has 0 radical (unpaired) electrons. The summed E-state index contributed by atoms with van der Waals surface area (Å²) >= 11 is 6.11. The minimum atomic E-state index is -1.10. The second kappa shape index (κ2) is 4.33. The molecule has 19 heavy (non-hydrogen) atoms. The number of imidazole rings is 1. The number of hydrogen-bond acceptors (Lipinski definition) is 4. The predicted octanol–water partition coefficient (Wildman–Crippen LogP) is 2.14. The molecule has 3 rings (SSSR count). The van der Waals surface area contributed by atoms with Crippen molar-refractivity contribution in [1.29, 1.82) is 0 Å². The van der Waals surface area contributed by atoms with Crippen LogP contribution < -0.4 is 0 Å². The van der Waals surface area contributed by atoms with E-state index in [4.69, 9.17) is 16.7 Å². The Morgan fingerprint density at radius 3 is 2.89 bits per heavy atom. The molecule has 0 aromatic carbocycles. The first kappa shape index (κ1) is 11.6. The van der Waals surface area contributed by atoms with Crippen LogP contribution in [0.3, 0.4) is 0 Å². The van der Waals surface area contributed by atoms with Crippen LogP contribution in [0.25, 0.3) is 16.9 Å². The van der Waals surface area contributed by atoms with Gasteiger partial charge in [0.1, 0.15) is 6.33 Å². The van der Waals surface area contributed by atoms with E-state index in [1.807, 2.05) is 0 Å². The molecule has 3 heterocycles. The Hall–Kier alpha value is -2.47. The topological polar surface area (TPSA) is 80.4 Å². The summed E-state index contributed by atoms with van der Waals surface area (Å²) in [6.45, 7) is 0. The van der Waals surface area contributed by atoms with Gasteiger partial charge in [-0.1, -0.05) is 11.6 Å². The lowest BCUT2D eigenvalue weighted by molar-refractivity contribution is 0.0690. The SMILES string of the molecule is O=C(O)c1cc(-c2cc(Cl)c3nccn3c2)ncn1. The number of hydrogen-bond donors (Lipinski definition) is 1. The number of pyridine rings is 1. The van der Waals surface area contributed by atoms with Crippen molar-refractivity contribution in [1.82, 2.24) is 19.4 Å². The molecule has 7 heteroatoms. The second-order valence-electron chi connectivity index (χ2n) is 3.83. The summed E-state index contributed by atoms with van der Waals surface area (Å²) in [6, 6.07) is 3.09. The average Bonchev–Trinajstić information content (AvgIpc) is 2.87. The van der Waals surface area contributed by atoms with E-state index in [1.165, 1.54) is 12.4 Å². The standard InChI is InChI=1S/C12H7ClN4O2/c13-8-3-7(5-17-2-1-14-11(8)17)9-4-10(12(18)19)16-6-15-9/h1-6H,(H,18,19). The Labute approximate surface area is 112 Å². The lowest BCUT2D eigenvalue weighted by Gasteiger charge is -2.04. The van der Waals surface area contributed by atoms with E-state index < -0.39 is 5.97 Å². The van der Waals surface area contributed by atoms with Gasteiger partial charge in [-0.25, -0.2) is 19.7 Å². The number of aromatic carboxylic acids is 1. The van der Waals surface area contributed by atoms with Gasteiger partial charge in [0, 0.05) is 24.2 Å². The van der Waals surface area contributed by atoms with Gasteiger partial charge in [-0.15, -0.1) is 0 Å². The van der Waals surface area contributed by atoms with Crippen LogP contribution in [0.2, 0.25) is 5.02 Å². The zero-order valence-electron chi connectivity index (χ0n) is 9.49. The monoisotopic (exact) mass is 274 g/mol. The van der Waals surface area contributed by atoms with E-state index in [1.54, 1.807) is 29.1 Å². The molecule has 0 aliphatic rings. The quantitative estimate of drug-likeness (QED) is 0.774. The van der Waals surface area contributed by atoms with Crippen molar-refractivity contribution < 1.29 is 9.90 Å². The molecule has 0 atom stereocenters. The molecule has 3 aromatic heterocycles. The molecule has 0 saturated heterocycles. The minimum absolute atomic E-state index is 0.0631. The Morgan fingerprint density at radius 1 is 1.26 bits per heavy atom. The lowest BCUT2D eigenvalue weighted by atomic mass is 10.2. The molecule has 0 spiro atoms. The highest BCUT2D eigenvalue weighted by Gasteiger charge is 2.10. The number of carboxylic acids is 1. The maximum absolute atomic E-state index is 10.9. The number of halogens is 1. The summed E-state index contributed by atoms with van der Waals surface area (Å²) in [7, 11) is 0. The minimum Gasteiger partial charge on any atom is -0.477 e. The summed E-state index contributed by atoms with van der Waals surface area (Å²) in [5, 5.41) is 9.39. The third-order valence-electron chi connectivity index (χ3n) is 2.62. The van der Waals surface area contributed by atoms with E-state index in [2.05, 4.69) is 15.0 Å². The van der Waals surface area contributed by atoms with Crippen molar-refractivity contribution in [3.8, 4) is 11.3 Å². The number of aromatic nitrogens is 4. The fourth-order valence-electron chi connectivity index (χ4n) is 1.76. The summed E-state index contributed by atoms with van der Waals surface area (Å²) < 4.78 is 1.75. The molecule has 6 nitrogen and oxygen atoms in total. The second-order valence-corrected chi connectivity index (χ2v) is 4.24. The first-order valence-corrected chi connectivity index (χ1v) is 5.71. The van der Waals surface area contributed by atoms with Gasteiger partial charge < -0.3 is 9.51 Å². The molecule has 3 aromatic rings. The normalized spacial score (nSPS) is 10.8. The van der Waals surface area contributed by atoms with Crippen molar-refractivity contribution >= 4 is 23.2 Å². The van der Waals surface area contributed by atoms with Gasteiger partial charge in [0.25, 0.3) is 0 Å². The van der Waals surface area contributed by atoms with Crippen LogP contribution in [0.15, 0.2) is 37.1 Å². The highest BCUT2D eigenvalue weighted by Crippen LogP contribution is 2.24. The molecule has 1 N–H and O–H groups in total. The van der Waals surface area contributed by atoms with Gasteiger partial charge in [0.15, 0.2) is 11.3 Å². The first-order chi connectivity index (χ1) is 9.15. The molecule has 94 valence electrons. The lowest BCUT2D eigenvalue weighted by Crippen LogP contribution is -2.01. The van der Waals surface area contributed by atoms with Crippen LogP contribution in [0, 0.1) is 0 Å². The summed E-state index contributed by atoms with van der Waals surface area (Å²) in [5.41, 5.74) is 1.76. The zero-order chi connectivity index (χ0) is 13.4. The van der Waals surface area contributed by atoms with Gasteiger partial charge in [-0.2, -0.15) is 0 Å². The Bertz CT molecular complexity index is 784. The van der Waals surface area contributed by atoms with E-state index in [9.17, 15) is 4.79 Å². The van der Waals surface area contributed by atoms with Crippen molar-refractivity contribution in [3.05, 3.63) is 47.8 Å². The molecular weight excluding hydrogens is 268 g/mol. The smallest absolute Gasteiger partial charge is 0.354 e. The third-order valence-corrected chi connectivity index (χ3v) is 2.90. The molecule has 0 aliphatic carbocycles. The largest absolute Gasteiger partial charge is 0.477 e. The van der Waals surface area contributed by atoms with E-state index in [-0.39, 0.29) is 5.69 Å². The molecule has 0 saturated carbocycles. The third kappa shape index (κ3) is 2.02. The van der Waals surface area contributed by atoms with Crippen LogP contribution in [0.5, 0.6) is 0 Å². The highest BCUT2D eigenvalue weighted by atomic mass is 35.5. The molecule has 0 bridgehead atoms. The fraction of sp³-hybridized carbons (Fsp3) is 0. The summed E-state index contributed by atoms with van der Waals surface area (Å²) in [5.74, 6) is -1.10. The van der Waals surface area contributed by atoms with E-state index in [0.29, 0.717) is 21.9 Å². The van der Waals surface area contributed by atoms with Gasteiger partial charge in [0.05, 0.1) is 10.7 Å². The molecular formula is C12H7ClN4O2. The first-order valence-electron chi connectivity index (χ1n) is 5.33. The predicted molar refractivity (Wildman–Crippen MR) is 68.2 cm³/mol. The highest BCUT2D eigenvalue weighted by molar-refractivity contribution is 6.33. The van der Waals surface area contributed by atoms with Gasteiger partial charge in [-0.3, -0.25) is 0 Å². The van der Waals surface area contributed by atoms with Crippen molar-refractivity contribution in [2.75, 3.05) is 0 Å². The number of carboxylic acid groups (broad SMARTS) is 1. The summed E-state index contributed by atoms with van der Waals surface area (Å²) in [6.07, 6.45) is 6.38. The molecule has 0 unspecified atom stereocenters. The number of carbonyl (C=O) groups is 1. The fourth-order valence-corrected chi connectivity index (χ4v) is 2.03. The average molecular weight is 275 g/mol. The maximum Gasteiger partial charge on any atom is 0.354 e. The van der Waals surface area contributed by atoms with Gasteiger partial charge in [0.2, 0.25) is 0 Å². The van der Waals surface area contributed by atoms with Gasteiger partial charge in [-0.05, 0) is 12.1 Å². The van der Waals surface area contributed by atoms with Crippen LogP contribution in [0.4, 0.5) is 0 Å². The van der Waals surface area contributed by atoms with Crippen LogP contribution in [0.1, 0.15) is 10.5 Å². The van der Waals surface area contributed by atoms with Crippen LogP contribution >= 0.6 is 11.6 Å². The molecule has 0 fully saturated rings. The Balaban J connectivity index is 2.18. The Morgan fingerprint density at radius 2 is 2.11 bits per heavy atom. The van der Waals surface area contributed by atoms with Gasteiger partial charge >= 0.3 is 5.97 Å². The van der Waals surface area contributed by atoms with Crippen molar-refractivity contribution in [2.45, 2.75) is 0 Å². The van der Waals surface area contributed by atoms with E-state index >= 15 is 0 Å². The molecule has 0 amide bonds. The van der Waals surface area contributed by atoms with Crippen molar-refractivity contribution in [3.63, 3.8) is 0 Å². The number of fused-ring (bicyclic) bond motifs is 1. The summed E-state index contributed by atoms with van der Waals surface area (Å²) in [4.78, 5) is 22.7. The van der Waals surface area contributed by atoms with Crippen LogP contribution in [-0.2, 0) is 0 Å². The maximum atomic E-state index is 10.9. The number of rotatable bonds is 2. The van der Waals surface area contributed by atoms with E-state index in [0.717, 1.165) is 0 Å². The molecule has 0 aliphatic heterocycles. The number of nitrogens with zero attached hydrogens (tertiary/aromatic N) is 4.